The molecule has 2 rings (SSSR count). The van der Waals surface area contributed by atoms with Crippen molar-refractivity contribution >= 4 is 17.6 Å². The highest BCUT2D eigenvalue weighted by atomic mass is 19.3. The van der Waals surface area contributed by atoms with Crippen molar-refractivity contribution in [1.82, 2.24) is 0 Å². The van der Waals surface area contributed by atoms with Gasteiger partial charge in [-0.1, -0.05) is 32.0 Å². The lowest BCUT2D eigenvalue weighted by Crippen LogP contribution is -2.21. The molecule has 1 amide bonds. The number of ether oxygens (including phenoxy) is 3. The summed E-state index contributed by atoms with van der Waals surface area (Å²) < 4.78 is 39.5. The number of carbonyl (C=O) groups excluding carboxylic acids is 2. The molecule has 2 aromatic carbocycles. The second-order valence-corrected chi connectivity index (χ2v) is 6.34. The zero-order valence-corrected chi connectivity index (χ0v) is 16.4. The van der Waals surface area contributed by atoms with E-state index in [1.165, 1.54) is 18.2 Å². The van der Waals surface area contributed by atoms with Crippen LogP contribution in [0.25, 0.3) is 0 Å². The molecule has 1 N–H and O–H groups in total. The third-order valence-electron chi connectivity index (χ3n) is 3.89. The predicted molar refractivity (Wildman–Crippen MR) is 104 cm³/mol. The van der Waals surface area contributed by atoms with Crippen molar-refractivity contribution in [2.75, 3.05) is 18.5 Å². The van der Waals surface area contributed by atoms with Gasteiger partial charge in [0.05, 0.1) is 12.2 Å². The average molecular weight is 407 g/mol. The molecule has 0 unspecified atom stereocenters. The van der Waals surface area contributed by atoms with Gasteiger partial charge in [-0.3, -0.25) is 4.79 Å². The minimum atomic E-state index is -3.02. The Hall–Kier alpha value is -3.16. The number of alkyl halides is 2. The summed E-state index contributed by atoms with van der Waals surface area (Å²) in [5.74, 6) is -1.28. The van der Waals surface area contributed by atoms with E-state index in [4.69, 9.17) is 9.47 Å². The summed E-state index contributed by atoms with van der Waals surface area (Å²) >= 11 is 0. The van der Waals surface area contributed by atoms with Crippen LogP contribution in [-0.4, -0.2) is 31.7 Å². The largest absolute Gasteiger partial charge is 0.490 e. The number of esters is 1. The fourth-order valence-corrected chi connectivity index (χ4v) is 2.61. The molecule has 2 aromatic rings. The molecule has 0 radical (unpaired) electrons. The molecule has 6 nitrogen and oxygen atoms in total. The van der Waals surface area contributed by atoms with Gasteiger partial charge in [-0.05, 0) is 42.7 Å². The number of rotatable bonds is 9. The minimum absolute atomic E-state index is 0.0161. The molecule has 0 atom stereocenters. The molecule has 0 heterocycles. The van der Waals surface area contributed by atoms with Gasteiger partial charge in [0.2, 0.25) is 0 Å². The van der Waals surface area contributed by atoms with Crippen molar-refractivity contribution in [3.05, 3.63) is 53.6 Å². The van der Waals surface area contributed by atoms with E-state index in [-0.39, 0.29) is 29.6 Å². The van der Waals surface area contributed by atoms with Gasteiger partial charge < -0.3 is 19.5 Å². The highest BCUT2D eigenvalue weighted by Crippen LogP contribution is 2.30. The maximum Gasteiger partial charge on any atom is 0.387 e. The van der Waals surface area contributed by atoms with E-state index >= 15 is 0 Å². The molecule has 0 aliphatic heterocycles. The number of benzene rings is 2. The van der Waals surface area contributed by atoms with Crippen molar-refractivity contribution in [3.63, 3.8) is 0 Å². The van der Waals surface area contributed by atoms with Crippen LogP contribution in [0.5, 0.6) is 11.5 Å². The van der Waals surface area contributed by atoms with Crippen LogP contribution in [0, 0.1) is 0 Å². The summed E-state index contributed by atoms with van der Waals surface area (Å²) in [6, 6.07) is 11.0. The lowest BCUT2D eigenvalue weighted by Gasteiger charge is -2.14. The second-order valence-electron chi connectivity index (χ2n) is 6.34. The molecular weight excluding hydrogens is 384 g/mol. The van der Waals surface area contributed by atoms with Crippen LogP contribution < -0.4 is 14.8 Å². The first-order chi connectivity index (χ1) is 13.8. The number of amides is 1. The number of hydrogen-bond acceptors (Lipinski definition) is 5. The summed E-state index contributed by atoms with van der Waals surface area (Å²) in [7, 11) is 0. The standard InChI is InChI=1S/C21H23F2NO5/c1-4-27-18-11-14(9-10-17(18)29-21(22)23)20(26)28-12-19(25)24-16-8-6-5-7-15(16)13(2)3/h5-11,13,21H,4,12H2,1-3H3,(H,24,25). The first kappa shape index (κ1) is 22.1. The number of carbonyl (C=O) groups is 2. The highest BCUT2D eigenvalue weighted by Gasteiger charge is 2.17. The van der Waals surface area contributed by atoms with Crippen LogP contribution in [0.2, 0.25) is 0 Å². The summed E-state index contributed by atoms with van der Waals surface area (Å²) in [4.78, 5) is 24.4. The Balaban J connectivity index is 2.01. The summed E-state index contributed by atoms with van der Waals surface area (Å²) in [5.41, 5.74) is 1.66. The Kier molecular flexibility index (Phi) is 7.94. The van der Waals surface area contributed by atoms with Crippen molar-refractivity contribution in [2.24, 2.45) is 0 Å². The minimum Gasteiger partial charge on any atom is -0.490 e. The third kappa shape index (κ3) is 6.44. The molecule has 0 aromatic heterocycles. The van der Waals surface area contributed by atoms with Crippen molar-refractivity contribution in [2.45, 2.75) is 33.3 Å². The van der Waals surface area contributed by atoms with Gasteiger partial charge in [0.15, 0.2) is 18.1 Å². The van der Waals surface area contributed by atoms with Gasteiger partial charge in [0.25, 0.3) is 5.91 Å². The van der Waals surface area contributed by atoms with Crippen LogP contribution in [0.4, 0.5) is 14.5 Å². The maximum atomic E-state index is 12.5. The first-order valence-corrected chi connectivity index (χ1v) is 9.09. The molecule has 0 aliphatic carbocycles. The zero-order chi connectivity index (χ0) is 21.4. The van der Waals surface area contributed by atoms with Gasteiger partial charge in [-0.15, -0.1) is 0 Å². The van der Waals surface area contributed by atoms with Crippen molar-refractivity contribution in [3.8, 4) is 11.5 Å². The van der Waals surface area contributed by atoms with E-state index in [1.54, 1.807) is 19.1 Å². The monoisotopic (exact) mass is 407 g/mol. The molecule has 29 heavy (non-hydrogen) atoms. The highest BCUT2D eigenvalue weighted by molar-refractivity contribution is 5.96. The fraction of sp³-hybridized carbons (Fsp3) is 0.333. The molecule has 8 heteroatoms. The predicted octanol–water partition coefficient (Wildman–Crippen LogP) is 4.61. The van der Waals surface area contributed by atoms with Gasteiger partial charge in [-0.25, -0.2) is 4.79 Å². The van der Waals surface area contributed by atoms with E-state index in [9.17, 15) is 18.4 Å². The van der Waals surface area contributed by atoms with E-state index in [0.29, 0.717) is 5.69 Å². The Morgan fingerprint density at radius 1 is 1.07 bits per heavy atom. The van der Waals surface area contributed by atoms with Crippen LogP contribution in [0.15, 0.2) is 42.5 Å². The first-order valence-electron chi connectivity index (χ1n) is 9.09. The number of halogens is 2. The normalized spacial score (nSPS) is 10.7. The average Bonchev–Trinajstić information content (AvgIpc) is 2.67. The van der Waals surface area contributed by atoms with Gasteiger partial charge in [0, 0.05) is 5.69 Å². The van der Waals surface area contributed by atoms with Crippen LogP contribution in [-0.2, 0) is 9.53 Å². The Morgan fingerprint density at radius 2 is 1.79 bits per heavy atom. The summed E-state index contributed by atoms with van der Waals surface area (Å²) in [6.07, 6.45) is 0. The van der Waals surface area contributed by atoms with Gasteiger partial charge in [-0.2, -0.15) is 8.78 Å². The molecule has 0 bridgehead atoms. The second kappa shape index (κ2) is 10.4. The zero-order valence-electron chi connectivity index (χ0n) is 16.4. The van der Waals surface area contributed by atoms with E-state index in [1.807, 2.05) is 26.0 Å². The quantitative estimate of drug-likeness (QED) is 0.615. The van der Waals surface area contributed by atoms with Crippen LogP contribution in [0.3, 0.4) is 0 Å². The van der Waals surface area contributed by atoms with Crippen LogP contribution >= 0.6 is 0 Å². The maximum absolute atomic E-state index is 12.5. The number of hydrogen-bond donors (Lipinski definition) is 1. The molecule has 0 saturated heterocycles. The molecule has 0 spiro atoms. The van der Waals surface area contributed by atoms with Crippen molar-refractivity contribution < 1.29 is 32.6 Å². The molecule has 156 valence electrons. The topological polar surface area (TPSA) is 73.9 Å². The van der Waals surface area contributed by atoms with Gasteiger partial charge >= 0.3 is 12.6 Å². The number of nitrogens with one attached hydrogen (secondary N) is 1. The lowest BCUT2D eigenvalue weighted by atomic mass is 10.0. The molecule has 0 saturated carbocycles. The van der Waals surface area contributed by atoms with E-state index in [0.717, 1.165) is 5.56 Å². The van der Waals surface area contributed by atoms with Crippen molar-refractivity contribution in [1.29, 1.82) is 0 Å². The molecule has 0 aliphatic rings. The number of anilines is 1. The fourth-order valence-electron chi connectivity index (χ4n) is 2.61. The van der Waals surface area contributed by atoms with E-state index < -0.39 is 25.1 Å². The third-order valence-corrected chi connectivity index (χ3v) is 3.89. The Morgan fingerprint density at radius 3 is 2.45 bits per heavy atom. The van der Waals surface area contributed by atoms with E-state index in [2.05, 4.69) is 10.1 Å². The number of para-hydroxylation sites is 1. The molecule has 0 fully saturated rings. The molecular formula is C21H23F2NO5. The Bertz CT molecular complexity index is 855. The SMILES string of the molecule is CCOc1cc(C(=O)OCC(=O)Nc2ccccc2C(C)C)ccc1OC(F)F. The lowest BCUT2D eigenvalue weighted by molar-refractivity contribution is -0.119. The Labute approximate surface area is 167 Å². The van der Waals surface area contributed by atoms with Crippen LogP contribution in [0.1, 0.15) is 42.6 Å². The summed E-state index contributed by atoms with van der Waals surface area (Å²) in [5, 5.41) is 2.72. The smallest absolute Gasteiger partial charge is 0.387 e. The summed E-state index contributed by atoms with van der Waals surface area (Å²) in [6.45, 7) is 2.34. The van der Waals surface area contributed by atoms with Gasteiger partial charge in [0.1, 0.15) is 0 Å².